The summed E-state index contributed by atoms with van der Waals surface area (Å²) in [7, 11) is -1.59. The van der Waals surface area contributed by atoms with Gasteiger partial charge in [0.05, 0.1) is 23.1 Å². The van der Waals surface area contributed by atoms with Crippen LogP contribution < -0.4 is 14.8 Å². The molecule has 0 saturated carbocycles. The summed E-state index contributed by atoms with van der Waals surface area (Å²) in [5, 5.41) is 22.2. The highest BCUT2D eigenvalue weighted by Gasteiger charge is 2.29. The van der Waals surface area contributed by atoms with E-state index in [0.717, 1.165) is 18.4 Å². The maximum absolute atomic E-state index is 13.4. The van der Waals surface area contributed by atoms with Crippen molar-refractivity contribution >= 4 is 40.0 Å². The number of benzene rings is 2. The van der Waals surface area contributed by atoms with Crippen molar-refractivity contribution in [3.8, 4) is 17.2 Å². The Morgan fingerprint density at radius 3 is 2.24 bits per heavy atom. The standard InChI is InChI=1S/C31H44ClNO7S/c1-9-23(40-24-13-12-20(30(5,6)10-2)16-21(24)31(7,8)11-3)29(37)33-22-17-25(19(4)27(32)28(22)36)39-14-15-41(38)18-26(34)35/h12-13,16-17,23,36H,9-11,14-15,18H2,1-8H3,(H,33,37)(H,34,35). The minimum Gasteiger partial charge on any atom is -0.504 e. The van der Waals surface area contributed by atoms with Gasteiger partial charge in [0.15, 0.2) is 11.9 Å². The molecule has 0 aliphatic rings. The van der Waals surface area contributed by atoms with E-state index in [9.17, 15) is 18.9 Å². The minimum absolute atomic E-state index is 0.000431. The molecule has 228 valence electrons. The molecule has 2 aromatic rings. The van der Waals surface area contributed by atoms with Crippen LogP contribution in [0.15, 0.2) is 24.3 Å². The van der Waals surface area contributed by atoms with Crippen molar-refractivity contribution < 1.29 is 33.5 Å². The molecule has 0 heterocycles. The maximum Gasteiger partial charge on any atom is 0.316 e. The van der Waals surface area contributed by atoms with Crippen molar-refractivity contribution in [3.05, 3.63) is 46.0 Å². The number of nitrogens with one attached hydrogen (secondary N) is 1. The third-order valence-electron chi connectivity index (χ3n) is 7.74. The largest absolute Gasteiger partial charge is 0.504 e. The van der Waals surface area contributed by atoms with Gasteiger partial charge in [-0.15, -0.1) is 0 Å². The molecule has 1 amide bonds. The Morgan fingerprint density at radius 1 is 1.05 bits per heavy atom. The van der Waals surface area contributed by atoms with Crippen molar-refractivity contribution in [1.29, 1.82) is 0 Å². The van der Waals surface area contributed by atoms with Crippen LogP contribution >= 0.6 is 11.6 Å². The molecule has 0 spiro atoms. The number of ether oxygens (including phenoxy) is 2. The Morgan fingerprint density at radius 2 is 1.68 bits per heavy atom. The lowest BCUT2D eigenvalue weighted by atomic mass is 9.76. The van der Waals surface area contributed by atoms with Gasteiger partial charge >= 0.3 is 5.97 Å². The van der Waals surface area contributed by atoms with Gasteiger partial charge in [-0.1, -0.05) is 72.2 Å². The maximum atomic E-state index is 13.4. The van der Waals surface area contributed by atoms with Gasteiger partial charge in [-0.3, -0.25) is 13.8 Å². The van der Waals surface area contributed by atoms with Crippen LogP contribution in [-0.4, -0.2) is 50.5 Å². The first-order chi connectivity index (χ1) is 19.1. The lowest BCUT2D eigenvalue weighted by molar-refractivity contribution is -0.134. The number of aliphatic carboxylic acids is 1. The fourth-order valence-corrected chi connectivity index (χ4v) is 4.96. The minimum atomic E-state index is -1.59. The van der Waals surface area contributed by atoms with Crippen LogP contribution in [0.1, 0.15) is 84.4 Å². The number of anilines is 1. The predicted octanol–water partition coefficient (Wildman–Crippen LogP) is 6.74. The highest BCUT2D eigenvalue weighted by atomic mass is 35.5. The zero-order valence-electron chi connectivity index (χ0n) is 25.4. The Kier molecular flexibility index (Phi) is 12.1. The van der Waals surface area contributed by atoms with E-state index in [4.69, 9.17) is 26.2 Å². The van der Waals surface area contributed by atoms with Gasteiger partial charge in [0.2, 0.25) is 0 Å². The summed E-state index contributed by atoms with van der Waals surface area (Å²) in [6.45, 7) is 16.5. The van der Waals surface area contributed by atoms with Gasteiger partial charge < -0.3 is 25.0 Å². The second kappa shape index (κ2) is 14.4. The highest BCUT2D eigenvalue weighted by Crippen LogP contribution is 2.41. The van der Waals surface area contributed by atoms with E-state index in [1.807, 2.05) is 13.0 Å². The summed E-state index contributed by atoms with van der Waals surface area (Å²) < 4.78 is 23.8. The van der Waals surface area contributed by atoms with Crippen molar-refractivity contribution in [3.63, 3.8) is 0 Å². The number of carbonyl (C=O) groups excluding carboxylic acids is 1. The van der Waals surface area contributed by atoms with Gasteiger partial charge in [0.25, 0.3) is 5.91 Å². The number of aromatic hydroxyl groups is 1. The summed E-state index contributed by atoms with van der Waals surface area (Å²) in [5.41, 5.74) is 2.51. The van der Waals surface area contributed by atoms with Crippen LogP contribution in [0.4, 0.5) is 5.69 Å². The first kappa shape index (κ1) is 34.4. The molecule has 0 aromatic heterocycles. The lowest BCUT2D eigenvalue weighted by Gasteiger charge is -2.31. The number of halogens is 1. The molecular formula is C31H44ClNO7S. The Hall–Kier alpha value is -2.78. The zero-order valence-corrected chi connectivity index (χ0v) is 26.9. The number of hydrogen-bond acceptors (Lipinski definition) is 6. The average Bonchev–Trinajstić information content (AvgIpc) is 2.92. The topological polar surface area (TPSA) is 122 Å². The number of carboxylic acids is 1. The molecule has 0 saturated heterocycles. The molecule has 8 nitrogen and oxygen atoms in total. The summed E-state index contributed by atoms with van der Waals surface area (Å²) >= 11 is 6.33. The molecule has 41 heavy (non-hydrogen) atoms. The molecular weight excluding hydrogens is 566 g/mol. The fourth-order valence-electron chi connectivity index (χ4n) is 4.08. The number of phenols is 1. The first-order valence-corrected chi connectivity index (χ1v) is 15.8. The van der Waals surface area contributed by atoms with E-state index >= 15 is 0 Å². The summed E-state index contributed by atoms with van der Waals surface area (Å²) in [5.74, 6) is -1.50. The van der Waals surface area contributed by atoms with Crippen LogP contribution in [0, 0.1) is 6.92 Å². The van der Waals surface area contributed by atoms with Gasteiger partial charge in [-0.05, 0) is 48.6 Å². The second-order valence-electron chi connectivity index (χ2n) is 11.4. The Bertz CT molecular complexity index is 1280. The third-order valence-corrected chi connectivity index (χ3v) is 9.39. The van der Waals surface area contributed by atoms with Gasteiger partial charge in [-0.2, -0.15) is 0 Å². The Balaban J connectivity index is 2.32. The smallest absolute Gasteiger partial charge is 0.316 e. The summed E-state index contributed by atoms with van der Waals surface area (Å²) in [4.78, 5) is 24.1. The van der Waals surface area contributed by atoms with E-state index in [0.29, 0.717) is 17.7 Å². The predicted molar refractivity (Wildman–Crippen MR) is 165 cm³/mol. The summed E-state index contributed by atoms with van der Waals surface area (Å²) in [6.07, 6.45) is 1.38. The van der Waals surface area contributed by atoms with Gasteiger partial charge in [0, 0.05) is 28.0 Å². The number of phenolic OH excluding ortho intramolecular Hbond substituents is 1. The van der Waals surface area contributed by atoms with Crippen LogP contribution in [0.3, 0.4) is 0 Å². The molecule has 2 unspecified atom stereocenters. The quantitative estimate of drug-likeness (QED) is 0.191. The van der Waals surface area contributed by atoms with E-state index in [-0.39, 0.29) is 45.4 Å². The molecule has 0 aliphatic carbocycles. The van der Waals surface area contributed by atoms with Crippen molar-refractivity contribution in [2.45, 2.75) is 91.6 Å². The second-order valence-corrected chi connectivity index (χ2v) is 13.4. The normalized spacial score (nSPS) is 13.4. The van der Waals surface area contributed by atoms with Crippen molar-refractivity contribution in [2.75, 3.05) is 23.4 Å². The monoisotopic (exact) mass is 609 g/mol. The van der Waals surface area contributed by atoms with E-state index in [2.05, 4.69) is 59.0 Å². The lowest BCUT2D eigenvalue weighted by Crippen LogP contribution is -2.33. The van der Waals surface area contributed by atoms with Gasteiger partial charge in [-0.25, -0.2) is 0 Å². The molecule has 3 N–H and O–H groups in total. The first-order valence-electron chi connectivity index (χ1n) is 13.9. The number of rotatable bonds is 15. The number of carbonyl (C=O) groups is 2. The highest BCUT2D eigenvalue weighted by molar-refractivity contribution is 7.85. The van der Waals surface area contributed by atoms with Crippen molar-refractivity contribution in [1.82, 2.24) is 0 Å². The Labute approximate surface area is 251 Å². The molecule has 0 fully saturated rings. The van der Waals surface area contributed by atoms with Crippen LogP contribution in [0.2, 0.25) is 5.02 Å². The number of carboxylic acid groups (broad SMARTS) is 1. The molecule has 0 bridgehead atoms. The zero-order chi connectivity index (χ0) is 31.1. The molecule has 10 heteroatoms. The number of hydrogen-bond donors (Lipinski definition) is 3. The van der Waals surface area contributed by atoms with E-state index in [1.54, 1.807) is 6.92 Å². The molecule has 0 aliphatic heterocycles. The molecule has 2 rings (SSSR count). The SMILES string of the molecule is CCC(Oc1ccc(C(C)(C)CC)cc1C(C)(C)CC)C(=O)Nc1cc(OCCS(=O)CC(=O)O)c(C)c(Cl)c1O. The third kappa shape index (κ3) is 8.85. The average molecular weight is 610 g/mol. The fraction of sp³-hybridized carbons (Fsp3) is 0.548. The van der Waals surface area contributed by atoms with Crippen LogP contribution in [0.5, 0.6) is 17.2 Å². The van der Waals surface area contributed by atoms with Gasteiger partial charge in [0.1, 0.15) is 17.3 Å². The van der Waals surface area contributed by atoms with E-state index < -0.39 is 34.5 Å². The van der Waals surface area contributed by atoms with E-state index in [1.165, 1.54) is 11.6 Å². The number of amides is 1. The molecule has 2 aromatic carbocycles. The molecule has 0 radical (unpaired) electrons. The van der Waals surface area contributed by atoms with Crippen LogP contribution in [-0.2, 0) is 31.2 Å². The van der Waals surface area contributed by atoms with Crippen LogP contribution in [0.25, 0.3) is 0 Å². The molecule has 2 atom stereocenters. The van der Waals surface area contributed by atoms with Crippen molar-refractivity contribution in [2.24, 2.45) is 0 Å². The summed E-state index contributed by atoms with van der Waals surface area (Å²) in [6, 6.07) is 7.62.